The monoisotopic (exact) mass is 691 g/mol. The Labute approximate surface area is 274 Å². The van der Waals surface area contributed by atoms with Crippen molar-refractivity contribution in [1.82, 2.24) is 25.6 Å². The second-order valence-corrected chi connectivity index (χ2v) is 11.8. The number of hydrazine groups is 1. The third kappa shape index (κ3) is 7.62. The van der Waals surface area contributed by atoms with Gasteiger partial charge in [0.25, 0.3) is 0 Å². The number of rotatable bonds is 9. The Balaban J connectivity index is 1.20. The Hall–Kier alpha value is -4.90. The van der Waals surface area contributed by atoms with E-state index in [2.05, 4.69) is 30.7 Å². The number of amidine groups is 1. The van der Waals surface area contributed by atoms with Crippen molar-refractivity contribution >= 4 is 34.6 Å². The first-order valence-corrected chi connectivity index (χ1v) is 15.3. The number of thioether (sulfide) groups is 1. The van der Waals surface area contributed by atoms with Crippen molar-refractivity contribution in [2.75, 3.05) is 10.7 Å². The molecule has 17 heteroatoms. The molecule has 5 rings (SSSR count). The summed E-state index contributed by atoms with van der Waals surface area (Å²) in [7, 11) is 0. The molecule has 2 heterocycles. The van der Waals surface area contributed by atoms with Gasteiger partial charge in [-0.05, 0) is 60.4 Å². The number of nitrogens with one attached hydrogen (secondary N) is 2. The Morgan fingerprint density at radius 1 is 1.00 bits per heavy atom. The second-order valence-electron chi connectivity index (χ2n) is 10.8. The van der Waals surface area contributed by atoms with E-state index in [4.69, 9.17) is 0 Å². The minimum absolute atomic E-state index is 0.00919. The number of ether oxygens (including phenoxy) is 1. The molecular formula is C31H27F6N7O3S. The van der Waals surface area contributed by atoms with Crippen molar-refractivity contribution in [3.8, 4) is 22.8 Å². The van der Waals surface area contributed by atoms with Gasteiger partial charge >= 0.3 is 18.3 Å². The molecule has 1 fully saturated rings. The molecule has 3 aromatic carbocycles. The van der Waals surface area contributed by atoms with Crippen LogP contribution in [0.25, 0.3) is 17.1 Å². The van der Waals surface area contributed by atoms with Gasteiger partial charge in [-0.15, -0.1) is 5.10 Å². The number of carbonyl (C=O) groups is 2. The van der Waals surface area contributed by atoms with Gasteiger partial charge in [-0.3, -0.25) is 15.1 Å². The molecule has 3 amide bonds. The molecule has 0 spiro atoms. The lowest BCUT2D eigenvalue weighted by Crippen LogP contribution is -2.41. The fraction of sp³-hybridized carbons (Fsp3) is 0.258. The predicted molar refractivity (Wildman–Crippen MR) is 166 cm³/mol. The Bertz CT molecular complexity index is 1830. The molecule has 252 valence electrons. The molecule has 1 aromatic heterocycles. The standard InChI is InChI=1S/C31H27F6N7O3S/c1-17(2)24-13-8-21(32)14-25(24)44-26(45)15-48-29(44)39-28(46)41-40-18(3)19-4-6-20(7-5-19)27-38-16-43(42-27)22-9-11-23(12-10-22)47-31(36,37)30(33,34)35/h4-14,16-18,40H,15H2,1-3H3,(H,41,46). The third-order valence-corrected chi connectivity index (χ3v) is 7.98. The highest BCUT2D eigenvalue weighted by atomic mass is 32.2. The number of aliphatic imine (C=N–C) groups is 1. The van der Waals surface area contributed by atoms with E-state index in [0.717, 1.165) is 35.0 Å². The molecule has 0 saturated carbocycles. The zero-order valence-corrected chi connectivity index (χ0v) is 26.2. The zero-order valence-electron chi connectivity index (χ0n) is 25.4. The Morgan fingerprint density at radius 3 is 2.33 bits per heavy atom. The highest BCUT2D eigenvalue weighted by Crippen LogP contribution is 2.37. The number of halogens is 6. The molecule has 0 aliphatic carbocycles. The van der Waals surface area contributed by atoms with Gasteiger partial charge in [0.2, 0.25) is 5.91 Å². The minimum atomic E-state index is -5.86. The lowest BCUT2D eigenvalue weighted by molar-refractivity contribution is -0.360. The largest absolute Gasteiger partial charge is 0.499 e. The molecule has 2 N–H and O–H groups in total. The van der Waals surface area contributed by atoms with E-state index in [1.807, 2.05) is 13.8 Å². The molecule has 1 atom stereocenters. The first-order valence-electron chi connectivity index (χ1n) is 14.3. The van der Waals surface area contributed by atoms with Crippen molar-refractivity contribution in [3.05, 3.63) is 90.0 Å². The number of carbonyl (C=O) groups excluding carboxylic acids is 2. The number of aromatic nitrogens is 3. The number of amides is 3. The number of benzene rings is 3. The highest BCUT2D eigenvalue weighted by molar-refractivity contribution is 8.15. The van der Waals surface area contributed by atoms with Gasteiger partial charge in [0.1, 0.15) is 17.9 Å². The van der Waals surface area contributed by atoms with Crippen molar-refractivity contribution in [2.45, 2.75) is 45.0 Å². The van der Waals surface area contributed by atoms with E-state index >= 15 is 0 Å². The van der Waals surface area contributed by atoms with Crippen LogP contribution >= 0.6 is 11.8 Å². The summed E-state index contributed by atoms with van der Waals surface area (Å²) >= 11 is 1.07. The number of hydrogen-bond donors (Lipinski definition) is 2. The van der Waals surface area contributed by atoms with Gasteiger partial charge in [-0.2, -0.15) is 26.9 Å². The van der Waals surface area contributed by atoms with Gasteiger partial charge in [-0.1, -0.05) is 55.9 Å². The van der Waals surface area contributed by atoms with Crippen LogP contribution in [0, 0.1) is 5.82 Å². The quantitative estimate of drug-likeness (QED) is 0.142. The van der Waals surface area contributed by atoms with Crippen LogP contribution in [0.2, 0.25) is 0 Å². The summed E-state index contributed by atoms with van der Waals surface area (Å²) in [6.45, 7) is 5.61. The van der Waals surface area contributed by atoms with E-state index < -0.39 is 29.9 Å². The van der Waals surface area contributed by atoms with Crippen LogP contribution in [0.1, 0.15) is 43.9 Å². The van der Waals surface area contributed by atoms with Gasteiger partial charge < -0.3 is 4.74 Å². The smallest absolute Gasteiger partial charge is 0.426 e. The summed E-state index contributed by atoms with van der Waals surface area (Å²) in [5, 5.41) is 4.46. The topological polar surface area (TPSA) is 114 Å². The van der Waals surface area contributed by atoms with Crippen LogP contribution in [0.4, 0.5) is 36.8 Å². The lowest BCUT2D eigenvalue weighted by atomic mass is 10.0. The molecule has 1 aliphatic rings. The summed E-state index contributed by atoms with van der Waals surface area (Å²) in [4.78, 5) is 34.9. The maximum Gasteiger partial charge on any atom is 0.499 e. The molecule has 48 heavy (non-hydrogen) atoms. The molecule has 10 nitrogen and oxygen atoms in total. The van der Waals surface area contributed by atoms with E-state index in [-0.39, 0.29) is 28.8 Å². The molecule has 0 radical (unpaired) electrons. The summed E-state index contributed by atoms with van der Waals surface area (Å²) in [5.74, 6) is -1.16. The van der Waals surface area contributed by atoms with E-state index in [1.54, 1.807) is 37.3 Å². The SMILES string of the molecule is CC(C)c1ccc(F)cc1N1C(=O)CSC1=NC(=O)NNC(C)c1ccc(-c2ncn(-c3ccc(OC(F)(F)C(F)(F)F)cc3)n2)cc1. The van der Waals surface area contributed by atoms with Crippen molar-refractivity contribution < 1.29 is 40.7 Å². The number of nitrogens with zero attached hydrogens (tertiary/aromatic N) is 5. The molecule has 0 bridgehead atoms. The van der Waals surface area contributed by atoms with Crippen molar-refractivity contribution in [2.24, 2.45) is 4.99 Å². The molecule has 1 saturated heterocycles. The van der Waals surface area contributed by atoms with Gasteiger partial charge in [0.15, 0.2) is 11.0 Å². The molecular weight excluding hydrogens is 664 g/mol. The third-order valence-electron chi connectivity index (χ3n) is 7.05. The maximum atomic E-state index is 14.1. The van der Waals surface area contributed by atoms with Crippen LogP contribution in [0.3, 0.4) is 0 Å². The molecule has 4 aromatic rings. The van der Waals surface area contributed by atoms with Crippen molar-refractivity contribution in [1.29, 1.82) is 0 Å². The Morgan fingerprint density at radius 2 is 1.69 bits per heavy atom. The fourth-order valence-corrected chi connectivity index (χ4v) is 5.42. The summed E-state index contributed by atoms with van der Waals surface area (Å²) in [6, 6.07) is 14.4. The second kappa shape index (κ2) is 13.7. The zero-order chi connectivity index (χ0) is 34.8. The lowest BCUT2D eigenvalue weighted by Gasteiger charge is -2.21. The van der Waals surface area contributed by atoms with Crippen LogP contribution in [0.5, 0.6) is 5.75 Å². The van der Waals surface area contributed by atoms with Crippen LogP contribution < -0.4 is 20.5 Å². The number of anilines is 1. The maximum absolute atomic E-state index is 14.1. The van der Waals surface area contributed by atoms with E-state index in [9.17, 15) is 35.9 Å². The first-order chi connectivity index (χ1) is 22.6. The summed E-state index contributed by atoms with van der Waals surface area (Å²) < 4.78 is 82.7. The molecule has 1 unspecified atom stereocenters. The highest BCUT2D eigenvalue weighted by Gasteiger charge is 2.61. The van der Waals surface area contributed by atoms with Crippen LogP contribution in [0.15, 0.2) is 78.0 Å². The minimum Gasteiger partial charge on any atom is -0.426 e. The number of alkyl halides is 5. The first kappa shape index (κ1) is 34.4. The fourth-order valence-electron chi connectivity index (χ4n) is 4.56. The number of hydrogen-bond acceptors (Lipinski definition) is 7. The predicted octanol–water partition coefficient (Wildman–Crippen LogP) is 7.14. The van der Waals surface area contributed by atoms with Gasteiger partial charge in [0, 0.05) is 11.6 Å². The number of urea groups is 1. The van der Waals surface area contributed by atoms with Crippen LogP contribution in [-0.2, 0) is 4.79 Å². The summed E-state index contributed by atoms with van der Waals surface area (Å²) in [5.41, 5.74) is 8.15. The van der Waals surface area contributed by atoms with Gasteiger partial charge in [0.05, 0.1) is 17.1 Å². The van der Waals surface area contributed by atoms with E-state index in [0.29, 0.717) is 22.8 Å². The van der Waals surface area contributed by atoms with Crippen molar-refractivity contribution in [3.63, 3.8) is 0 Å². The molecule has 1 aliphatic heterocycles. The average Bonchev–Trinajstić information content (AvgIpc) is 3.66. The normalized spacial score (nSPS) is 15.3. The Kier molecular flexibility index (Phi) is 9.81. The van der Waals surface area contributed by atoms with Gasteiger partial charge in [-0.25, -0.2) is 24.3 Å². The summed E-state index contributed by atoms with van der Waals surface area (Å²) in [6.07, 6.45) is -9.85. The van der Waals surface area contributed by atoms with Crippen LogP contribution in [-0.4, -0.2) is 49.9 Å². The van der Waals surface area contributed by atoms with E-state index in [1.165, 1.54) is 40.2 Å². The average molecular weight is 692 g/mol.